The SMILES string of the molecule is CC(C)(C#N)c1cc(-c2cnc(N)c(-c3nnc(-c4ccc(NCC5CCCN5)cc4)o3)n2)ccn1. The number of benzene rings is 1. The highest BCUT2D eigenvalue weighted by Gasteiger charge is 2.23. The zero-order valence-corrected chi connectivity index (χ0v) is 20.2. The van der Waals surface area contributed by atoms with E-state index < -0.39 is 5.41 Å². The molecule has 182 valence electrons. The van der Waals surface area contributed by atoms with Crippen LogP contribution >= 0.6 is 0 Å². The minimum absolute atomic E-state index is 0.179. The number of nitrogen functional groups attached to an aromatic ring is 1. The second-order valence-electron chi connectivity index (χ2n) is 9.32. The first-order chi connectivity index (χ1) is 17.4. The number of hydrogen-bond donors (Lipinski definition) is 3. The summed E-state index contributed by atoms with van der Waals surface area (Å²) >= 11 is 0. The summed E-state index contributed by atoms with van der Waals surface area (Å²) in [5, 5.41) is 24.7. The summed E-state index contributed by atoms with van der Waals surface area (Å²) in [4.78, 5) is 13.3. The number of nitrogens with zero attached hydrogens (tertiary/aromatic N) is 6. The Morgan fingerprint density at radius 2 is 1.94 bits per heavy atom. The maximum absolute atomic E-state index is 9.45. The molecule has 1 aromatic carbocycles. The quantitative estimate of drug-likeness (QED) is 0.355. The van der Waals surface area contributed by atoms with Crippen LogP contribution in [0.4, 0.5) is 11.5 Å². The highest BCUT2D eigenvalue weighted by atomic mass is 16.4. The summed E-state index contributed by atoms with van der Waals surface area (Å²) in [6.07, 6.45) is 5.64. The lowest BCUT2D eigenvalue weighted by atomic mass is 9.90. The van der Waals surface area contributed by atoms with E-state index in [9.17, 15) is 5.26 Å². The maximum Gasteiger partial charge on any atom is 0.270 e. The molecule has 0 spiro atoms. The van der Waals surface area contributed by atoms with E-state index in [0.717, 1.165) is 29.9 Å². The Labute approximate surface area is 209 Å². The van der Waals surface area contributed by atoms with E-state index in [1.807, 2.05) is 44.2 Å². The van der Waals surface area contributed by atoms with Crippen molar-refractivity contribution in [3.63, 3.8) is 0 Å². The van der Waals surface area contributed by atoms with E-state index in [0.29, 0.717) is 29.0 Å². The maximum atomic E-state index is 9.45. The molecule has 3 aromatic heterocycles. The third kappa shape index (κ3) is 4.87. The molecule has 4 aromatic rings. The number of nitrogens with one attached hydrogen (secondary N) is 2. The van der Waals surface area contributed by atoms with Gasteiger partial charge in [-0.25, -0.2) is 9.97 Å². The molecule has 0 amide bonds. The van der Waals surface area contributed by atoms with Crippen molar-refractivity contribution in [3.05, 3.63) is 54.5 Å². The average Bonchev–Trinajstić information content (AvgIpc) is 3.61. The van der Waals surface area contributed by atoms with Crippen LogP contribution in [0.2, 0.25) is 0 Å². The minimum Gasteiger partial charge on any atom is -0.414 e. The smallest absolute Gasteiger partial charge is 0.270 e. The number of aromatic nitrogens is 5. The van der Waals surface area contributed by atoms with Gasteiger partial charge in [-0.1, -0.05) is 0 Å². The van der Waals surface area contributed by atoms with E-state index in [1.54, 1.807) is 18.5 Å². The fourth-order valence-electron chi connectivity index (χ4n) is 4.02. The van der Waals surface area contributed by atoms with Crippen molar-refractivity contribution < 1.29 is 4.42 Å². The Bertz CT molecular complexity index is 1400. The molecule has 36 heavy (non-hydrogen) atoms. The summed E-state index contributed by atoms with van der Waals surface area (Å²) in [7, 11) is 0. The third-order valence-corrected chi connectivity index (χ3v) is 6.25. The van der Waals surface area contributed by atoms with Crippen molar-refractivity contribution in [2.24, 2.45) is 0 Å². The molecular weight excluding hydrogens is 454 g/mol. The van der Waals surface area contributed by atoms with Crippen LogP contribution in [0.1, 0.15) is 32.4 Å². The van der Waals surface area contributed by atoms with Crippen molar-refractivity contribution in [1.29, 1.82) is 5.26 Å². The lowest BCUT2D eigenvalue weighted by Gasteiger charge is -2.15. The molecule has 0 bridgehead atoms. The van der Waals surface area contributed by atoms with Gasteiger partial charge in [-0.15, -0.1) is 10.2 Å². The lowest BCUT2D eigenvalue weighted by molar-refractivity contribution is 0.582. The fourth-order valence-corrected chi connectivity index (χ4v) is 4.02. The molecule has 1 fully saturated rings. The number of nitriles is 1. The van der Waals surface area contributed by atoms with Crippen LogP contribution in [0.25, 0.3) is 34.3 Å². The summed E-state index contributed by atoms with van der Waals surface area (Å²) in [5.41, 5.74) is 9.44. The van der Waals surface area contributed by atoms with Crippen molar-refractivity contribution in [1.82, 2.24) is 30.5 Å². The summed E-state index contributed by atoms with van der Waals surface area (Å²) in [5.74, 6) is 0.723. The number of hydrogen-bond acceptors (Lipinski definition) is 10. The van der Waals surface area contributed by atoms with E-state index >= 15 is 0 Å². The monoisotopic (exact) mass is 481 g/mol. The van der Waals surface area contributed by atoms with Gasteiger partial charge in [0.2, 0.25) is 5.89 Å². The average molecular weight is 482 g/mol. The Balaban J connectivity index is 1.36. The Morgan fingerprint density at radius 1 is 1.14 bits per heavy atom. The van der Waals surface area contributed by atoms with Crippen molar-refractivity contribution >= 4 is 11.5 Å². The molecule has 1 saturated heterocycles. The third-order valence-electron chi connectivity index (χ3n) is 6.25. The fraction of sp³-hybridized carbons (Fsp3) is 0.308. The van der Waals surface area contributed by atoms with Crippen LogP contribution in [-0.4, -0.2) is 44.3 Å². The molecular formula is C26H27N9O. The van der Waals surface area contributed by atoms with Gasteiger partial charge in [0, 0.05) is 35.6 Å². The van der Waals surface area contributed by atoms with Gasteiger partial charge in [0.05, 0.1) is 29.1 Å². The number of pyridine rings is 1. The van der Waals surface area contributed by atoms with E-state index in [1.165, 1.54) is 12.8 Å². The Morgan fingerprint density at radius 3 is 2.69 bits per heavy atom. The molecule has 4 heterocycles. The Hall–Kier alpha value is -4.36. The second-order valence-corrected chi connectivity index (χ2v) is 9.32. The van der Waals surface area contributed by atoms with Gasteiger partial charge in [0.25, 0.3) is 5.89 Å². The summed E-state index contributed by atoms with van der Waals surface area (Å²) in [6, 6.07) is 14.3. The first-order valence-corrected chi connectivity index (χ1v) is 11.9. The molecule has 10 nitrogen and oxygen atoms in total. The van der Waals surface area contributed by atoms with Crippen molar-refractivity contribution in [3.8, 4) is 40.4 Å². The zero-order chi connectivity index (χ0) is 25.1. The van der Waals surface area contributed by atoms with Gasteiger partial charge in [-0.05, 0) is 69.6 Å². The van der Waals surface area contributed by atoms with E-state index in [4.69, 9.17) is 10.2 Å². The van der Waals surface area contributed by atoms with Crippen molar-refractivity contribution in [2.45, 2.75) is 38.1 Å². The van der Waals surface area contributed by atoms with Crippen LogP contribution in [0, 0.1) is 11.3 Å². The van der Waals surface area contributed by atoms with Gasteiger partial charge in [0.1, 0.15) is 0 Å². The van der Waals surface area contributed by atoms with Crippen molar-refractivity contribution in [2.75, 3.05) is 24.1 Å². The summed E-state index contributed by atoms with van der Waals surface area (Å²) < 4.78 is 5.91. The van der Waals surface area contributed by atoms with Crippen LogP contribution < -0.4 is 16.4 Å². The number of rotatable bonds is 7. The lowest BCUT2D eigenvalue weighted by Crippen LogP contribution is -2.29. The van der Waals surface area contributed by atoms with Crippen LogP contribution in [0.3, 0.4) is 0 Å². The van der Waals surface area contributed by atoms with Gasteiger partial charge in [-0.2, -0.15) is 5.26 Å². The van der Waals surface area contributed by atoms with Gasteiger partial charge in [-0.3, -0.25) is 4.98 Å². The van der Waals surface area contributed by atoms with E-state index in [2.05, 4.69) is 41.9 Å². The molecule has 4 N–H and O–H groups in total. The second kappa shape index (κ2) is 9.71. The first-order valence-electron chi connectivity index (χ1n) is 11.9. The van der Waals surface area contributed by atoms with Gasteiger partial charge in [0.15, 0.2) is 11.5 Å². The largest absolute Gasteiger partial charge is 0.414 e. The zero-order valence-electron chi connectivity index (χ0n) is 20.2. The standard InChI is InChI=1S/C26H27N9O/c1-26(2,15-27)21-12-17(9-11-30-21)20-14-32-23(28)22(33-20)25-35-34-24(36-25)16-5-7-18(8-6-16)31-13-19-4-3-10-29-19/h5-9,11-12,14,19,29,31H,3-4,10,13H2,1-2H3,(H2,28,32). The Kier molecular flexibility index (Phi) is 6.31. The molecule has 0 saturated carbocycles. The molecule has 0 radical (unpaired) electrons. The van der Waals surface area contributed by atoms with Crippen LogP contribution in [-0.2, 0) is 5.41 Å². The molecule has 5 rings (SSSR count). The van der Waals surface area contributed by atoms with Crippen LogP contribution in [0.5, 0.6) is 0 Å². The number of nitrogens with two attached hydrogens (primary N) is 1. The molecule has 1 aliphatic rings. The predicted octanol–water partition coefficient (Wildman–Crippen LogP) is 3.80. The molecule has 1 atom stereocenters. The highest BCUT2D eigenvalue weighted by molar-refractivity contribution is 5.69. The molecule has 10 heteroatoms. The summed E-state index contributed by atoms with van der Waals surface area (Å²) in [6.45, 7) is 5.61. The van der Waals surface area contributed by atoms with E-state index in [-0.39, 0.29) is 11.7 Å². The molecule has 1 unspecified atom stereocenters. The molecule has 0 aliphatic carbocycles. The predicted molar refractivity (Wildman–Crippen MR) is 137 cm³/mol. The molecule has 1 aliphatic heterocycles. The van der Waals surface area contributed by atoms with Crippen LogP contribution in [0.15, 0.2) is 53.2 Å². The minimum atomic E-state index is -0.736. The number of anilines is 2. The topological polar surface area (TPSA) is 151 Å². The highest BCUT2D eigenvalue weighted by Crippen LogP contribution is 2.30. The van der Waals surface area contributed by atoms with Gasteiger partial charge < -0.3 is 20.8 Å². The first kappa shape index (κ1) is 23.4. The normalized spacial score (nSPS) is 15.5. The van der Waals surface area contributed by atoms with Gasteiger partial charge >= 0.3 is 0 Å².